The highest BCUT2D eigenvalue weighted by atomic mass is 16.5. The molecule has 0 aliphatic carbocycles. The van der Waals surface area contributed by atoms with Crippen molar-refractivity contribution in [1.82, 2.24) is 4.98 Å². The first-order valence-corrected chi connectivity index (χ1v) is 6.99. The van der Waals surface area contributed by atoms with E-state index in [0.717, 1.165) is 19.4 Å². The van der Waals surface area contributed by atoms with Crippen molar-refractivity contribution in [2.75, 3.05) is 30.3 Å². The van der Waals surface area contributed by atoms with Gasteiger partial charge in [0.25, 0.3) is 0 Å². The molecular formula is C14H20N4O3. The standard InChI is InChI=1S/C14H20N4O3/c1-2-21-14(20)10-6-12(17-7-11(10)15)18-5-3-4-9(8-18)13(16)19/h6-7,9H,2-5,8,15H2,1H3,(H2,16,19). The fourth-order valence-electron chi connectivity index (χ4n) is 2.43. The molecule has 114 valence electrons. The third-order valence-electron chi connectivity index (χ3n) is 3.56. The highest BCUT2D eigenvalue weighted by Gasteiger charge is 2.25. The van der Waals surface area contributed by atoms with Crippen LogP contribution >= 0.6 is 0 Å². The molecule has 1 unspecified atom stereocenters. The monoisotopic (exact) mass is 292 g/mol. The molecule has 2 heterocycles. The Labute approximate surface area is 123 Å². The molecule has 0 bridgehead atoms. The van der Waals surface area contributed by atoms with E-state index in [9.17, 15) is 9.59 Å². The van der Waals surface area contributed by atoms with E-state index in [-0.39, 0.29) is 24.1 Å². The molecule has 1 fully saturated rings. The molecule has 2 rings (SSSR count). The van der Waals surface area contributed by atoms with E-state index >= 15 is 0 Å². The second-order valence-electron chi connectivity index (χ2n) is 5.04. The molecule has 1 aliphatic rings. The van der Waals surface area contributed by atoms with Crippen molar-refractivity contribution in [2.45, 2.75) is 19.8 Å². The van der Waals surface area contributed by atoms with Gasteiger partial charge in [-0.2, -0.15) is 0 Å². The van der Waals surface area contributed by atoms with Gasteiger partial charge in [0.05, 0.1) is 30.0 Å². The summed E-state index contributed by atoms with van der Waals surface area (Å²) in [7, 11) is 0. The van der Waals surface area contributed by atoms with E-state index in [1.807, 2.05) is 4.90 Å². The molecule has 0 aromatic carbocycles. The van der Waals surface area contributed by atoms with Gasteiger partial charge in [-0.15, -0.1) is 0 Å². The summed E-state index contributed by atoms with van der Waals surface area (Å²) in [5.41, 5.74) is 11.7. The number of esters is 1. The molecule has 0 saturated carbocycles. The van der Waals surface area contributed by atoms with Crippen molar-refractivity contribution in [2.24, 2.45) is 11.7 Å². The zero-order valence-corrected chi connectivity index (χ0v) is 12.0. The number of anilines is 2. The van der Waals surface area contributed by atoms with Crippen LogP contribution in [0.5, 0.6) is 0 Å². The summed E-state index contributed by atoms with van der Waals surface area (Å²) < 4.78 is 4.97. The number of nitrogens with zero attached hydrogens (tertiary/aromatic N) is 2. The minimum Gasteiger partial charge on any atom is -0.462 e. The third kappa shape index (κ3) is 3.42. The van der Waals surface area contributed by atoms with Crippen LogP contribution in [0.4, 0.5) is 11.5 Å². The van der Waals surface area contributed by atoms with Gasteiger partial charge in [0.1, 0.15) is 5.82 Å². The van der Waals surface area contributed by atoms with E-state index in [1.54, 1.807) is 13.0 Å². The zero-order valence-electron chi connectivity index (χ0n) is 12.0. The Bertz CT molecular complexity index is 547. The molecular weight excluding hydrogens is 272 g/mol. The van der Waals surface area contributed by atoms with E-state index in [4.69, 9.17) is 16.2 Å². The quantitative estimate of drug-likeness (QED) is 0.783. The largest absolute Gasteiger partial charge is 0.462 e. The summed E-state index contributed by atoms with van der Waals surface area (Å²) in [5, 5.41) is 0. The van der Waals surface area contributed by atoms with Crippen LogP contribution in [0, 0.1) is 5.92 Å². The molecule has 1 aromatic heterocycles. The van der Waals surface area contributed by atoms with Gasteiger partial charge in [0.2, 0.25) is 5.91 Å². The summed E-state index contributed by atoms with van der Waals surface area (Å²) in [4.78, 5) is 29.4. The number of pyridine rings is 1. The summed E-state index contributed by atoms with van der Waals surface area (Å²) in [5.74, 6) is -0.356. The number of nitrogen functional groups attached to an aromatic ring is 1. The minimum atomic E-state index is -0.470. The fourth-order valence-corrected chi connectivity index (χ4v) is 2.43. The highest BCUT2D eigenvalue weighted by molar-refractivity contribution is 5.95. The van der Waals surface area contributed by atoms with Gasteiger partial charge in [-0.25, -0.2) is 9.78 Å². The SMILES string of the molecule is CCOC(=O)c1cc(N2CCCC(C(N)=O)C2)ncc1N. The number of rotatable bonds is 4. The third-order valence-corrected chi connectivity index (χ3v) is 3.56. The molecule has 1 aromatic rings. The van der Waals surface area contributed by atoms with Gasteiger partial charge in [-0.1, -0.05) is 0 Å². The molecule has 1 saturated heterocycles. The summed E-state index contributed by atoms with van der Waals surface area (Å²) in [6, 6.07) is 1.61. The predicted octanol–water partition coefficient (Wildman–Crippen LogP) is 0.542. The van der Waals surface area contributed by atoms with Crippen molar-refractivity contribution in [3.05, 3.63) is 17.8 Å². The van der Waals surface area contributed by atoms with Gasteiger partial charge in [-0.3, -0.25) is 4.79 Å². The Morgan fingerprint density at radius 2 is 2.29 bits per heavy atom. The van der Waals surface area contributed by atoms with Crippen molar-refractivity contribution in [3.8, 4) is 0 Å². The number of aromatic nitrogens is 1. The Hall–Kier alpha value is -2.31. The lowest BCUT2D eigenvalue weighted by atomic mass is 9.97. The smallest absolute Gasteiger partial charge is 0.340 e. The topological polar surface area (TPSA) is 112 Å². The van der Waals surface area contributed by atoms with Crippen LogP contribution in [0.2, 0.25) is 0 Å². The maximum Gasteiger partial charge on any atom is 0.340 e. The lowest BCUT2D eigenvalue weighted by molar-refractivity contribution is -0.122. The van der Waals surface area contributed by atoms with Gasteiger partial charge in [0, 0.05) is 13.1 Å². The Morgan fingerprint density at radius 3 is 2.95 bits per heavy atom. The number of nitrogens with two attached hydrogens (primary N) is 2. The number of hydrogen-bond donors (Lipinski definition) is 2. The van der Waals surface area contributed by atoms with Crippen LogP contribution in [0.3, 0.4) is 0 Å². The molecule has 0 spiro atoms. The first-order valence-electron chi connectivity index (χ1n) is 6.99. The lowest BCUT2D eigenvalue weighted by Crippen LogP contribution is -2.41. The van der Waals surface area contributed by atoms with Crippen LogP contribution in [0.15, 0.2) is 12.3 Å². The predicted molar refractivity (Wildman–Crippen MR) is 78.7 cm³/mol. The number of carbonyl (C=O) groups is 2. The van der Waals surface area contributed by atoms with Crippen LogP contribution in [-0.2, 0) is 9.53 Å². The molecule has 1 aliphatic heterocycles. The van der Waals surface area contributed by atoms with Gasteiger partial charge >= 0.3 is 5.97 Å². The van der Waals surface area contributed by atoms with Crippen molar-refractivity contribution in [3.63, 3.8) is 0 Å². The van der Waals surface area contributed by atoms with E-state index in [0.29, 0.717) is 17.9 Å². The highest BCUT2D eigenvalue weighted by Crippen LogP contribution is 2.24. The first-order chi connectivity index (χ1) is 10.0. The van der Waals surface area contributed by atoms with Crippen LogP contribution in [-0.4, -0.2) is 36.6 Å². The number of piperidine rings is 1. The molecule has 4 N–H and O–H groups in total. The van der Waals surface area contributed by atoms with Crippen LogP contribution in [0.25, 0.3) is 0 Å². The fraction of sp³-hybridized carbons (Fsp3) is 0.500. The maximum atomic E-state index is 11.9. The van der Waals surface area contributed by atoms with E-state index < -0.39 is 5.97 Å². The summed E-state index contributed by atoms with van der Waals surface area (Å²) >= 11 is 0. The summed E-state index contributed by atoms with van der Waals surface area (Å²) in [6.45, 7) is 3.29. The van der Waals surface area contributed by atoms with Crippen molar-refractivity contribution < 1.29 is 14.3 Å². The number of ether oxygens (including phenoxy) is 1. The van der Waals surface area contributed by atoms with Gasteiger partial charge in [0.15, 0.2) is 0 Å². The number of primary amides is 1. The molecule has 21 heavy (non-hydrogen) atoms. The maximum absolute atomic E-state index is 11.9. The molecule has 1 atom stereocenters. The van der Waals surface area contributed by atoms with Crippen molar-refractivity contribution in [1.29, 1.82) is 0 Å². The normalized spacial score (nSPS) is 18.3. The summed E-state index contributed by atoms with van der Waals surface area (Å²) in [6.07, 6.45) is 3.08. The lowest BCUT2D eigenvalue weighted by Gasteiger charge is -2.32. The van der Waals surface area contributed by atoms with Gasteiger partial charge < -0.3 is 21.1 Å². The Kier molecular flexibility index (Phi) is 4.62. The van der Waals surface area contributed by atoms with E-state index in [1.165, 1.54) is 6.20 Å². The Balaban J connectivity index is 2.22. The van der Waals surface area contributed by atoms with E-state index in [2.05, 4.69) is 4.98 Å². The van der Waals surface area contributed by atoms with Gasteiger partial charge in [-0.05, 0) is 25.8 Å². The van der Waals surface area contributed by atoms with Crippen molar-refractivity contribution >= 4 is 23.4 Å². The first kappa shape index (κ1) is 15.1. The molecule has 1 amide bonds. The molecule has 7 nitrogen and oxygen atoms in total. The molecule has 0 radical (unpaired) electrons. The average molecular weight is 292 g/mol. The zero-order chi connectivity index (χ0) is 15.4. The molecule has 7 heteroatoms. The second-order valence-corrected chi connectivity index (χ2v) is 5.04. The number of carbonyl (C=O) groups excluding carboxylic acids is 2. The number of amides is 1. The average Bonchev–Trinajstić information content (AvgIpc) is 2.48. The Morgan fingerprint density at radius 1 is 1.52 bits per heavy atom. The minimum absolute atomic E-state index is 0.191. The van der Waals surface area contributed by atoms with Crippen LogP contribution < -0.4 is 16.4 Å². The number of hydrogen-bond acceptors (Lipinski definition) is 6. The van der Waals surface area contributed by atoms with Crippen LogP contribution in [0.1, 0.15) is 30.1 Å². The second kappa shape index (κ2) is 6.43.